The van der Waals surface area contributed by atoms with Crippen LogP contribution in [0.5, 0.6) is 0 Å². The van der Waals surface area contributed by atoms with Crippen molar-refractivity contribution in [1.82, 2.24) is 4.90 Å². The summed E-state index contributed by atoms with van der Waals surface area (Å²) in [6.45, 7) is 4.06. The van der Waals surface area contributed by atoms with Crippen LogP contribution >= 0.6 is 15.9 Å². The molecule has 0 aromatic heterocycles. The van der Waals surface area contributed by atoms with Crippen molar-refractivity contribution in [3.8, 4) is 0 Å². The minimum absolute atomic E-state index is 0.209. The molecule has 0 saturated heterocycles. The van der Waals surface area contributed by atoms with Gasteiger partial charge in [0.1, 0.15) is 0 Å². The maximum absolute atomic E-state index is 4.06. The van der Waals surface area contributed by atoms with Gasteiger partial charge in [0.2, 0.25) is 0 Å². The Balaban J connectivity index is 2.94. The van der Waals surface area contributed by atoms with Gasteiger partial charge in [-0.05, 0) is 32.6 Å². The van der Waals surface area contributed by atoms with Gasteiger partial charge in [-0.2, -0.15) is 0 Å². The molecule has 65 valence electrons. The number of halogens is 1. The normalized spacial score (nSPS) is 13.4. The van der Waals surface area contributed by atoms with Gasteiger partial charge in [-0.3, -0.25) is 0 Å². The van der Waals surface area contributed by atoms with Crippen LogP contribution in [-0.4, -0.2) is 19.0 Å². The summed E-state index contributed by atoms with van der Waals surface area (Å²) in [5, 5.41) is 0. The minimum Gasteiger partial charge on any atom is -0.302 e. The van der Waals surface area contributed by atoms with Crippen molar-refractivity contribution in [3.63, 3.8) is 0 Å². The summed E-state index contributed by atoms with van der Waals surface area (Å²) in [6.07, 6.45) is 0. The van der Waals surface area contributed by atoms with E-state index in [1.807, 2.05) is 32.3 Å². The summed E-state index contributed by atoms with van der Waals surface area (Å²) in [5.74, 6) is 0. The van der Waals surface area contributed by atoms with Crippen LogP contribution in [0.25, 0.3) is 0 Å². The van der Waals surface area contributed by atoms with Gasteiger partial charge in [0, 0.05) is 10.5 Å². The molecule has 1 atom stereocenters. The minimum atomic E-state index is 0.209. The van der Waals surface area contributed by atoms with E-state index in [2.05, 4.69) is 33.8 Å². The van der Waals surface area contributed by atoms with Gasteiger partial charge in [-0.1, -0.05) is 34.1 Å². The summed E-state index contributed by atoms with van der Waals surface area (Å²) in [4.78, 5) is 2.08. The van der Waals surface area contributed by atoms with Gasteiger partial charge in [0.15, 0.2) is 0 Å². The first kappa shape index (κ1) is 9.75. The number of rotatable bonds is 2. The van der Waals surface area contributed by atoms with Gasteiger partial charge in [0.05, 0.1) is 0 Å². The lowest BCUT2D eigenvalue weighted by atomic mass is 10.1. The Morgan fingerprint density at radius 2 is 1.92 bits per heavy atom. The van der Waals surface area contributed by atoms with E-state index in [1.165, 1.54) is 5.56 Å². The molecule has 0 spiro atoms. The summed E-state index contributed by atoms with van der Waals surface area (Å²) >= 11 is 3.50. The molecule has 0 heterocycles. The number of hydrogen-bond donors (Lipinski definition) is 0. The average Bonchev–Trinajstić information content (AvgIpc) is 2.04. The molecule has 0 aliphatic heterocycles. The standard InChI is InChI=1S/C10H13BrN/c1-8(12(2)3)9-6-4-5-7-10(9)11/h4-8H,1H2,2-3H3. The molecule has 1 nitrogen and oxygen atoms in total. The smallest absolute Gasteiger partial charge is 0.0353 e. The highest BCUT2D eigenvalue weighted by atomic mass is 79.9. The molecule has 0 bridgehead atoms. The van der Waals surface area contributed by atoms with Crippen molar-refractivity contribution in [2.24, 2.45) is 0 Å². The molecule has 1 radical (unpaired) electrons. The average molecular weight is 227 g/mol. The molecule has 0 fully saturated rings. The monoisotopic (exact) mass is 226 g/mol. The molecule has 1 aromatic rings. The van der Waals surface area contributed by atoms with E-state index < -0.39 is 0 Å². The molecule has 0 saturated carbocycles. The third kappa shape index (κ3) is 2.08. The Morgan fingerprint density at radius 1 is 1.33 bits per heavy atom. The topological polar surface area (TPSA) is 3.24 Å². The van der Waals surface area contributed by atoms with Crippen molar-refractivity contribution in [3.05, 3.63) is 41.2 Å². The zero-order valence-electron chi connectivity index (χ0n) is 7.42. The summed E-state index contributed by atoms with van der Waals surface area (Å²) in [7, 11) is 4.05. The Bertz CT molecular complexity index is 258. The molecule has 1 rings (SSSR count). The second-order valence-corrected chi connectivity index (χ2v) is 3.86. The predicted molar refractivity (Wildman–Crippen MR) is 55.9 cm³/mol. The predicted octanol–water partition coefficient (Wildman–Crippen LogP) is 2.89. The summed E-state index contributed by atoms with van der Waals surface area (Å²) < 4.78 is 1.12. The highest BCUT2D eigenvalue weighted by molar-refractivity contribution is 9.10. The van der Waals surface area contributed by atoms with E-state index in [-0.39, 0.29) is 6.04 Å². The van der Waals surface area contributed by atoms with Crippen molar-refractivity contribution in [2.75, 3.05) is 14.1 Å². The van der Waals surface area contributed by atoms with Crippen LogP contribution in [0.2, 0.25) is 0 Å². The van der Waals surface area contributed by atoms with Gasteiger partial charge in [-0.25, -0.2) is 0 Å². The lowest BCUT2D eigenvalue weighted by Crippen LogP contribution is -2.17. The van der Waals surface area contributed by atoms with Crippen molar-refractivity contribution in [2.45, 2.75) is 6.04 Å². The van der Waals surface area contributed by atoms with Gasteiger partial charge in [0.25, 0.3) is 0 Å². The molecular formula is C10H13BrN. The van der Waals surface area contributed by atoms with E-state index in [1.54, 1.807) is 0 Å². The molecule has 12 heavy (non-hydrogen) atoms. The van der Waals surface area contributed by atoms with Gasteiger partial charge in [-0.15, -0.1) is 0 Å². The van der Waals surface area contributed by atoms with Crippen molar-refractivity contribution < 1.29 is 0 Å². The number of benzene rings is 1. The van der Waals surface area contributed by atoms with Crippen LogP contribution in [0.4, 0.5) is 0 Å². The van der Waals surface area contributed by atoms with Crippen LogP contribution < -0.4 is 0 Å². The van der Waals surface area contributed by atoms with E-state index in [0.29, 0.717) is 0 Å². The highest BCUT2D eigenvalue weighted by Gasteiger charge is 2.09. The maximum Gasteiger partial charge on any atom is 0.0353 e. The maximum atomic E-state index is 4.06. The fourth-order valence-electron chi connectivity index (χ4n) is 1.02. The number of nitrogens with zero attached hydrogens (tertiary/aromatic N) is 1. The van der Waals surface area contributed by atoms with Gasteiger partial charge >= 0.3 is 0 Å². The van der Waals surface area contributed by atoms with Crippen LogP contribution in [0.3, 0.4) is 0 Å². The third-order valence-corrected chi connectivity index (χ3v) is 2.61. The summed E-state index contributed by atoms with van der Waals surface area (Å²) in [5.41, 5.74) is 1.22. The SMILES string of the molecule is [CH2]C(c1ccccc1Br)N(C)C. The lowest BCUT2D eigenvalue weighted by molar-refractivity contribution is 0.348. The quantitative estimate of drug-likeness (QED) is 0.750. The van der Waals surface area contributed by atoms with Crippen molar-refractivity contribution >= 4 is 15.9 Å². The van der Waals surface area contributed by atoms with Gasteiger partial charge < -0.3 is 4.90 Å². The lowest BCUT2D eigenvalue weighted by Gasteiger charge is -2.20. The Morgan fingerprint density at radius 3 is 2.42 bits per heavy atom. The third-order valence-electron chi connectivity index (χ3n) is 1.89. The van der Waals surface area contributed by atoms with E-state index in [9.17, 15) is 0 Å². The second-order valence-electron chi connectivity index (χ2n) is 3.00. The molecule has 0 amide bonds. The number of hydrogen-bond acceptors (Lipinski definition) is 1. The Hall–Kier alpha value is -0.340. The van der Waals surface area contributed by atoms with E-state index in [4.69, 9.17) is 0 Å². The molecule has 2 heteroatoms. The molecule has 0 aliphatic rings. The van der Waals surface area contributed by atoms with E-state index >= 15 is 0 Å². The van der Waals surface area contributed by atoms with Crippen LogP contribution in [0, 0.1) is 6.92 Å². The highest BCUT2D eigenvalue weighted by Crippen LogP contribution is 2.24. The first-order valence-corrected chi connectivity index (χ1v) is 4.66. The Labute approximate surface area is 82.5 Å². The molecular weight excluding hydrogens is 214 g/mol. The van der Waals surface area contributed by atoms with Crippen molar-refractivity contribution in [1.29, 1.82) is 0 Å². The summed E-state index contributed by atoms with van der Waals surface area (Å²) in [6, 6.07) is 8.37. The first-order valence-electron chi connectivity index (χ1n) is 3.87. The zero-order chi connectivity index (χ0) is 9.14. The molecule has 1 unspecified atom stereocenters. The molecule has 1 aromatic carbocycles. The molecule has 0 N–H and O–H groups in total. The Kier molecular flexibility index (Phi) is 3.29. The van der Waals surface area contributed by atoms with Crippen LogP contribution in [-0.2, 0) is 0 Å². The largest absolute Gasteiger partial charge is 0.302 e. The fourth-order valence-corrected chi connectivity index (χ4v) is 1.57. The fraction of sp³-hybridized carbons (Fsp3) is 0.300. The molecule has 0 aliphatic carbocycles. The zero-order valence-corrected chi connectivity index (χ0v) is 9.01. The first-order chi connectivity index (χ1) is 5.63. The van der Waals surface area contributed by atoms with E-state index in [0.717, 1.165) is 4.47 Å². The van der Waals surface area contributed by atoms with Crippen LogP contribution in [0.15, 0.2) is 28.7 Å². The van der Waals surface area contributed by atoms with Crippen LogP contribution in [0.1, 0.15) is 11.6 Å². The second kappa shape index (κ2) is 4.06.